The van der Waals surface area contributed by atoms with Crippen molar-refractivity contribution in [3.63, 3.8) is 0 Å². The summed E-state index contributed by atoms with van der Waals surface area (Å²) in [5.74, 6) is 1.94. The Morgan fingerprint density at radius 1 is 1.29 bits per heavy atom. The summed E-state index contributed by atoms with van der Waals surface area (Å²) in [7, 11) is 0. The Morgan fingerprint density at radius 2 is 2.06 bits per heavy atom. The molecule has 0 unspecified atom stereocenters. The third kappa shape index (κ3) is 2.77. The normalized spacial score (nSPS) is 10.5. The number of hydrogen-bond donors (Lipinski definition) is 0. The van der Waals surface area contributed by atoms with Gasteiger partial charge in [-0.3, -0.25) is 4.57 Å². The number of ether oxygens (including phenoxy) is 1. The summed E-state index contributed by atoms with van der Waals surface area (Å²) in [5, 5.41) is 7.77. The summed E-state index contributed by atoms with van der Waals surface area (Å²) in [5.41, 5.74) is 0.981. The Morgan fingerprint density at radius 3 is 2.71 bits per heavy atom. The van der Waals surface area contributed by atoms with Gasteiger partial charge in [-0.1, -0.05) is 6.92 Å². The van der Waals surface area contributed by atoms with Crippen LogP contribution in [0.3, 0.4) is 0 Å². The van der Waals surface area contributed by atoms with Crippen LogP contribution in [0.5, 0.6) is 5.75 Å². The van der Waals surface area contributed by atoms with Crippen LogP contribution in [-0.2, 0) is 5.88 Å². The molecule has 0 saturated heterocycles. The summed E-state index contributed by atoms with van der Waals surface area (Å²) < 4.78 is 7.38. The Hall–Kier alpha value is -1.55. The van der Waals surface area contributed by atoms with Crippen LogP contribution >= 0.6 is 11.6 Å². The lowest BCUT2D eigenvalue weighted by Gasteiger charge is -2.07. The molecule has 90 valence electrons. The maximum absolute atomic E-state index is 5.78. The number of benzene rings is 1. The minimum Gasteiger partial charge on any atom is -0.494 e. The van der Waals surface area contributed by atoms with Crippen molar-refractivity contribution in [3.8, 4) is 11.4 Å². The number of halogens is 1. The second-order valence-corrected chi connectivity index (χ2v) is 3.86. The molecule has 2 aromatic rings. The van der Waals surface area contributed by atoms with Crippen molar-refractivity contribution < 1.29 is 4.74 Å². The second-order valence-electron chi connectivity index (χ2n) is 3.59. The molecule has 0 aliphatic carbocycles. The lowest BCUT2D eigenvalue weighted by Crippen LogP contribution is -1.99. The molecule has 0 radical (unpaired) electrons. The first-order chi connectivity index (χ1) is 8.35. The predicted octanol–water partition coefficient (Wildman–Crippen LogP) is 2.79. The third-order valence-corrected chi connectivity index (χ3v) is 2.56. The van der Waals surface area contributed by atoms with Gasteiger partial charge in [-0.15, -0.1) is 21.8 Å². The third-order valence-electron chi connectivity index (χ3n) is 2.33. The van der Waals surface area contributed by atoms with E-state index in [1.807, 2.05) is 28.8 Å². The lowest BCUT2D eigenvalue weighted by atomic mass is 10.3. The van der Waals surface area contributed by atoms with Gasteiger partial charge in [0.05, 0.1) is 12.5 Å². The van der Waals surface area contributed by atoms with E-state index in [4.69, 9.17) is 16.3 Å². The summed E-state index contributed by atoms with van der Waals surface area (Å²) in [4.78, 5) is 0. The zero-order valence-electron chi connectivity index (χ0n) is 9.64. The Kier molecular flexibility index (Phi) is 3.98. The minimum atomic E-state index is 0.341. The first-order valence-corrected chi connectivity index (χ1v) is 6.06. The van der Waals surface area contributed by atoms with Crippen molar-refractivity contribution in [1.82, 2.24) is 14.8 Å². The van der Waals surface area contributed by atoms with Crippen LogP contribution in [0.15, 0.2) is 30.6 Å². The van der Waals surface area contributed by atoms with E-state index in [9.17, 15) is 0 Å². The molecule has 0 fully saturated rings. The van der Waals surface area contributed by atoms with E-state index >= 15 is 0 Å². The molecule has 1 aromatic heterocycles. The highest BCUT2D eigenvalue weighted by atomic mass is 35.5. The van der Waals surface area contributed by atoms with Crippen LogP contribution in [0.4, 0.5) is 0 Å². The van der Waals surface area contributed by atoms with Gasteiger partial charge in [-0.25, -0.2) is 0 Å². The van der Waals surface area contributed by atoms with Crippen molar-refractivity contribution in [2.45, 2.75) is 19.2 Å². The molecule has 1 heterocycles. The number of aromatic nitrogens is 3. The molecule has 5 heteroatoms. The summed E-state index contributed by atoms with van der Waals surface area (Å²) in [6.45, 7) is 2.82. The van der Waals surface area contributed by atoms with E-state index in [1.165, 1.54) is 0 Å². The standard InChI is InChI=1S/C12H14ClN3O/c1-2-7-17-11-5-3-10(4-6-11)16-9-14-15-12(16)8-13/h3-6,9H,2,7-8H2,1H3. The summed E-state index contributed by atoms with van der Waals surface area (Å²) in [6.07, 6.45) is 2.66. The van der Waals surface area contributed by atoms with Crippen LogP contribution in [0.1, 0.15) is 19.2 Å². The molecule has 0 aliphatic heterocycles. The highest BCUT2D eigenvalue weighted by Gasteiger charge is 2.04. The van der Waals surface area contributed by atoms with Gasteiger partial charge in [0, 0.05) is 5.69 Å². The molecule has 0 atom stereocenters. The molecule has 0 N–H and O–H groups in total. The Bertz CT molecular complexity index is 467. The average molecular weight is 252 g/mol. The van der Waals surface area contributed by atoms with Crippen molar-refractivity contribution in [2.24, 2.45) is 0 Å². The van der Waals surface area contributed by atoms with E-state index in [-0.39, 0.29) is 0 Å². The van der Waals surface area contributed by atoms with E-state index in [1.54, 1.807) is 6.33 Å². The zero-order valence-corrected chi connectivity index (χ0v) is 10.4. The van der Waals surface area contributed by atoms with Crippen LogP contribution in [0.2, 0.25) is 0 Å². The van der Waals surface area contributed by atoms with Gasteiger partial charge in [0.25, 0.3) is 0 Å². The van der Waals surface area contributed by atoms with E-state index < -0.39 is 0 Å². The largest absolute Gasteiger partial charge is 0.494 e. The maximum atomic E-state index is 5.78. The fraction of sp³-hybridized carbons (Fsp3) is 0.333. The van der Waals surface area contributed by atoms with Gasteiger partial charge in [-0.2, -0.15) is 0 Å². The molecule has 0 bridgehead atoms. The monoisotopic (exact) mass is 251 g/mol. The van der Waals surface area contributed by atoms with Gasteiger partial charge in [0.2, 0.25) is 0 Å². The lowest BCUT2D eigenvalue weighted by molar-refractivity contribution is 0.317. The van der Waals surface area contributed by atoms with Gasteiger partial charge in [-0.05, 0) is 30.7 Å². The number of hydrogen-bond acceptors (Lipinski definition) is 3. The predicted molar refractivity (Wildman–Crippen MR) is 66.7 cm³/mol. The highest BCUT2D eigenvalue weighted by Crippen LogP contribution is 2.16. The molecular weight excluding hydrogens is 238 g/mol. The smallest absolute Gasteiger partial charge is 0.152 e. The van der Waals surface area contributed by atoms with Gasteiger partial charge in [0.15, 0.2) is 5.82 Å². The summed E-state index contributed by atoms with van der Waals surface area (Å²) >= 11 is 5.78. The van der Waals surface area contributed by atoms with E-state index in [0.29, 0.717) is 5.88 Å². The molecular formula is C12H14ClN3O. The molecule has 1 aromatic carbocycles. The zero-order chi connectivity index (χ0) is 12.1. The van der Waals surface area contributed by atoms with Gasteiger partial charge < -0.3 is 4.74 Å². The first kappa shape index (κ1) is 11.9. The van der Waals surface area contributed by atoms with Crippen LogP contribution in [-0.4, -0.2) is 21.4 Å². The SMILES string of the molecule is CCCOc1ccc(-n2cnnc2CCl)cc1. The van der Waals surface area contributed by atoms with Crippen molar-refractivity contribution in [3.05, 3.63) is 36.4 Å². The van der Waals surface area contributed by atoms with Crippen LogP contribution in [0.25, 0.3) is 5.69 Å². The molecule has 0 spiro atoms. The molecule has 0 saturated carbocycles. The van der Waals surface area contributed by atoms with Crippen molar-refractivity contribution in [2.75, 3.05) is 6.61 Å². The van der Waals surface area contributed by atoms with E-state index in [2.05, 4.69) is 17.1 Å². The quantitative estimate of drug-likeness (QED) is 0.768. The number of nitrogens with zero attached hydrogens (tertiary/aromatic N) is 3. The van der Waals surface area contributed by atoms with E-state index in [0.717, 1.165) is 30.3 Å². The van der Waals surface area contributed by atoms with Crippen molar-refractivity contribution in [1.29, 1.82) is 0 Å². The molecule has 2 rings (SSSR count). The summed E-state index contributed by atoms with van der Waals surface area (Å²) in [6, 6.07) is 7.79. The second kappa shape index (κ2) is 5.68. The highest BCUT2D eigenvalue weighted by molar-refractivity contribution is 6.16. The Labute approximate surface area is 105 Å². The van der Waals surface area contributed by atoms with Crippen LogP contribution < -0.4 is 4.74 Å². The van der Waals surface area contributed by atoms with Crippen LogP contribution in [0, 0.1) is 0 Å². The number of alkyl halides is 1. The molecule has 4 nitrogen and oxygen atoms in total. The topological polar surface area (TPSA) is 39.9 Å². The van der Waals surface area contributed by atoms with Gasteiger partial charge in [0.1, 0.15) is 12.1 Å². The minimum absolute atomic E-state index is 0.341. The first-order valence-electron chi connectivity index (χ1n) is 5.53. The fourth-order valence-corrected chi connectivity index (χ4v) is 1.67. The molecule has 17 heavy (non-hydrogen) atoms. The number of rotatable bonds is 5. The molecule has 0 amide bonds. The fourth-order valence-electron chi connectivity index (χ4n) is 1.49. The average Bonchev–Trinajstić information content (AvgIpc) is 2.85. The van der Waals surface area contributed by atoms with Gasteiger partial charge >= 0.3 is 0 Å². The maximum Gasteiger partial charge on any atom is 0.152 e. The molecule has 0 aliphatic rings. The Balaban J connectivity index is 2.17. The van der Waals surface area contributed by atoms with Crippen molar-refractivity contribution >= 4 is 11.6 Å².